The molecule has 0 spiro atoms. The summed E-state index contributed by atoms with van der Waals surface area (Å²) < 4.78 is 11.0. The summed E-state index contributed by atoms with van der Waals surface area (Å²) in [5.74, 6) is 7.91. The van der Waals surface area contributed by atoms with E-state index in [1.54, 1.807) is 0 Å². The molecule has 23 heavy (non-hydrogen) atoms. The van der Waals surface area contributed by atoms with Crippen molar-refractivity contribution in [1.29, 1.82) is 0 Å². The lowest BCUT2D eigenvalue weighted by molar-refractivity contribution is -0.118. The second kappa shape index (κ2) is 10.5. The van der Waals surface area contributed by atoms with E-state index in [0.717, 1.165) is 32.0 Å². The molecule has 3 unspecified atom stereocenters. The standard InChI is InChI=1S/C20H30O3/c1-2-22-13-6-14-23-20-12-11-18(15-19(20)16-21)10-9-17-7-4-3-5-8-17/h2,16-20H,1,3-8,11-15H2. The Hall–Kier alpha value is -1.27. The van der Waals surface area contributed by atoms with Crippen LogP contribution in [0.5, 0.6) is 0 Å². The van der Waals surface area contributed by atoms with Crippen molar-refractivity contribution >= 4 is 6.29 Å². The average Bonchev–Trinajstić information content (AvgIpc) is 2.61. The molecule has 0 heterocycles. The monoisotopic (exact) mass is 318 g/mol. The number of hydrogen-bond acceptors (Lipinski definition) is 3. The van der Waals surface area contributed by atoms with Crippen LogP contribution in [-0.2, 0) is 14.3 Å². The van der Waals surface area contributed by atoms with Gasteiger partial charge < -0.3 is 14.3 Å². The van der Waals surface area contributed by atoms with Crippen LogP contribution in [0.25, 0.3) is 0 Å². The van der Waals surface area contributed by atoms with E-state index in [1.807, 2.05) is 0 Å². The molecule has 0 aromatic heterocycles. The Kier molecular flexibility index (Phi) is 8.25. The first-order valence-corrected chi connectivity index (χ1v) is 9.14. The highest BCUT2D eigenvalue weighted by atomic mass is 16.5. The van der Waals surface area contributed by atoms with Gasteiger partial charge in [0.15, 0.2) is 0 Å². The predicted octanol–water partition coefficient (Wildman–Crippen LogP) is 4.12. The number of rotatable bonds is 7. The fraction of sp³-hybridized carbons (Fsp3) is 0.750. The highest BCUT2D eigenvalue weighted by Crippen LogP contribution is 2.30. The molecule has 2 aliphatic carbocycles. The molecule has 2 saturated carbocycles. The maximum absolute atomic E-state index is 11.4. The number of carbonyl (C=O) groups is 1. The molecule has 0 bridgehead atoms. The molecule has 128 valence electrons. The van der Waals surface area contributed by atoms with Gasteiger partial charge in [0.1, 0.15) is 6.29 Å². The van der Waals surface area contributed by atoms with Gasteiger partial charge in [-0.15, -0.1) is 0 Å². The first-order valence-electron chi connectivity index (χ1n) is 9.14. The third-order valence-electron chi connectivity index (χ3n) is 4.96. The Morgan fingerprint density at radius 2 is 1.78 bits per heavy atom. The number of aldehydes is 1. The zero-order valence-electron chi connectivity index (χ0n) is 14.2. The van der Waals surface area contributed by atoms with Crippen LogP contribution in [0, 0.1) is 29.6 Å². The second-order valence-electron chi connectivity index (χ2n) is 6.73. The summed E-state index contributed by atoms with van der Waals surface area (Å²) >= 11 is 0. The predicted molar refractivity (Wildman–Crippen MR) is 91.8 cm³/mol. The molecule has 0 N–H and O–H groups in total. The molecule has 0 aromatic carbocycles. The van der Waals surface area contributed by atoms with Gasteiger partial charge in [0.2, 0.25) is 0 Å². The van der Waals surface area contributed by atoms with Gasteiger partial charge in [0.05, 0.1) is 25.6 Å². The minimum atomic E-state index is -0.00488. The van der Waals surface area contributed by atoms with Crippen molar-refractivity contribution in [1.82, 2.24) is 0 Å². The van der Waals surface area contributed by atoms with E-state index in [9.17, 15) is 4.79 Å². The van der Waals surface area contributed by atoms with Crippen LogP contribution in [-0.4, -0.2) is 25.6 Å². The van der Waals surface area contributed by atoms with E-state index in [4.69, 9.17) is 9.47 Å². The smallest absolute Gasteiger partial charge is 0.125 e. The average molecular weight is 318 g/mol. The molecule has 0 amide bonds. The Morgan fingerprint density at radius 3 is 2.52 bits per heavy atom. The van der Waals surface area contributed by atoms with E-state index in [-0.39, 0.29) is 12.0 Å². The van der Waals surface area contributed by atoms with E-state index in [0.29, 0.717) is 25.0 Å². The van der Waals surface area contributed by atoms with Crippen molar-refractivity contribution in [3.63, 3.8) is 0 Å². The minimum absolute atomic E-state index is 0.00488. The zero-order valence-corrected chi connectivity index (χ0v) is 14.2. The quantitative estimate of drug-likeness (QED) is 0.306. The molecule has 3 heteroatoms. The molecule has 2 fully saturated rings. The maximum atomic E-state index is 11.4. The number of hydrogen-bond donors (Lipinski definition) is 0. The molecule has 2 aliphatic rings. The van der Waals surface area contributed by atoms with Crippen LogP contribution >= 0.6 is 0 Å². The summed E-state index contributed by atoms with van der Waals surface area (Å²) in [6.07, 6.45) is 12.8. The molecule has 0 radical (unpaired) electrons. The number of ether oxygens (including phenoxy) is 2. The topological polar surface area (TPSA) is 35.5 Å². The SMILES string of the molecule is C=COCCCOC1CCC(C#CC2CCCCC2)CC1C=O. The van der Waals surface area contributed by atoms with Crippen molar-refractivity contribution in [3.8, 4) is 11.8 Å². The normalized spacial score (nSPS) is 28.4. The lowest BCUT2D eigenvalue weighted by Gasteiger charge is -2.31. The summed E-state index contributed by atoms with van der Waals surface area (Å²) in [6.45, 7) is 4.77. The summed E-state index contributed by atoms with van der Waals surface area (Å²) in [5, 5.41) is 0. The molecule has 0 aliphatic heterocycles. The van der Waals surface area contributed by atoms with Crippen LogP contribution < -0.4 is 0 Å². The molecule has 0 saturated heterocycles. The van der Waals surface area contributed by atoms with Gasteiger partial charge in [0, 0.05) is 24.2 Å². The van der Waals surface area contributed by atoms with Crippen molar-refractivity contribution < 1.29 is 14.3 Å². The second-order valence-corrected chi connectivity index (χ2v) is 6.73. The van der Waals surface area contributed by atoms with Crippen molar-refractivity contribution in [2.75, 3.05) is 13.2 Å². The van der Waals surface area contributed by atoms with Crippen LogP contribution in [0.2, 0.25) is 0 Å². The van der Waals surface area contributed by atoms with Gasteiger partial charge >= 0.3 is 0 Å². The van der Waals surface area contributed by atoms with Gasteiger partial charge in [-0.1, -0.05) is 37.7 Å². The highest BCUT2D eigenvalue weighted by Gasteiger charge is 2.30. The van der Waals surface area contributed by atoms with Crippen LogP contribution in [0.3, 0.4) is 0 Å². The molecule has 3 atom stereocenters. The molecule has 0 aromatic rings. The Labute approximate surface area is 140 Å². The fourth-order valence-electron chi connectivity index (χ4n) is 3.60. The maximum Gasteiger partial charge on any atom is 0.125 e. The van der Waals surface area contributed by atoms with Gasteiger partial charge in [-0.05, 0) is 32.1 Å². The zero-order chi connectivity index (χ0) is 16.3. The summed E-state index contributed by atoms with van der Waals surface area (Å²) in [4.78, 5) is 11.4. The molecular formula is C20H30O3. The summed E-state index contributed by atoms with van der Waals surface area (Å²) in [6, 6.07) is 0. The number of carbonyl (C=O) groups excluding carboxylic acids is 1. The largest absolute Gasteiger partial charge is 0.502 e. The van der Waals surface area contributed by atoms with E-state index in [2.05, 4.69) is 18.4 Å². The first kappa shape index (κ1) is 18.1. The van der Waals surface area contributed by atoms with Gasteiger partial charge in [-0.3, -0.25) is 0 Å². The Bertz CT molecular complexity index is 414. The van der Waals surface area contributed by atoms with Gasteiger partial charge in [-0.2, -0.15) is 0 Å². The lowest BCUT2D eigenvalue weighted by Crippen LogP contribution is -2.32. The first-order chi connectivity index (χ1) is 11.3. The van der Waals surface area contributed by atoms with Gasteiger partial charge in [0.25, 0.3) is 0 Å². The van der Waals surface area contributed by atoms with E-state index >= 15 is 0 Å². The van der Waals surface area contributed by atoms with Gasteiger partial charge in [-0.25, -0.2) is 0 Å². The fourth-order valence-corrected chi connectivity index (χ4v) is 3.60. The van der Waals surface area contributed by atoms with Crippen LogP contribution in [0.4, 0.5) is 0 Å². The molecular weight excluding hydrogens is 288 g/mol. The van der Waals surface area contributed by atoms with Crippen LogP contribution in [0.15, 0.2) is 12.8 Å². The Morgan fingerprint density at radius 1 is 1.00 bits per heavy atom. The highest BCUT2D eigenvalue weighted by molar-refractivity contribution is 5.55. The third-order valence-corrected chi connectivity index (χ3v) is 4.96. The summed E-state index contributed by atoms with van der Waals surface area (Å²) in [5.41, 5.74) is 0. The van der Waals surface area contributed by atoms with Crippen LogP contribution in [0.1, 0.15) is 57.8 Å². The minimum Gasteiger partial charge on any atom is -0.502 e. The van der Waals surface area contributed by atoms with Crippen molar-refractivity contribution in [2.45, 2.75) is 63.9 Å². The van der Waals surface area contributed by atoms with E-state index < -0.39 is 0 Å². The lowest BCUT2D eigenvalue weighted by atomic mass is 9.79. The summed E-state index contributed by atoms with van der Waals surface area (Å²) in [7, 11) is 0. The third kappa shape index (κ3) is 6.39. The molecule has 3 nitrogen and oxygen atoms in total. The van der Waals surface area contributed by atoms with Crippen molar-refractivity contribution in [3.05, 3.63) is 12.8 Å². The molecule has 2 rings (SSSR count). The van der Waals surface area contributed by atoms with E-state index in [1.165, 1.54) is 38.4 Å². The van der Waals surface area contributed by atoms with Crippen molar-refractivity contribution in [2.24, 2.45) is 17.8 Å². The Balaban J connectivity index is 1.73.